The van der Waals surface area contributed by atoms with E-state index in [1.54, 1.807) is 0 Å². The minimum absolute atomic E-state index is 1.14. The van der Waals surface area contributed by atoms with E-state index >= 15 is 0 Å². The minimum atomic E-state index is 1.14. The highest BCUT2D eigenvalue weighted by atomic mass is 15.0. The molecule has 0 radical (unpaired) electrons. The van der Waals surface area contributed by atoms with Gasteiger partial charge in [-0.05, 0) is 92.2 Å². The highest BCUT2D eigenvalue weighted by Gasteiger charge is 2.18. The van der Waals surface area contributed by atoms with Gasteiger partial charge in [0.2, 0.25) is 0 Å². The predicted molar refractivity (Wildman–Crippen MR) is 191 cm³/mol. The van der Waals surface area contributed by atoms with E-state index in [9.17, 15) is 0 Å². The molecule has 0 spiro atoms. The van der Waals surface area contributed by atoms with Gasteiger partial charge in [-0.15, -0.1) is 0 Å². The zero-order chi connectivity index (χ0) is 29.6. The van der Waals surface area contributed by atoms with Crippen molar-refractivity contribution in [3.05, 3.63) is 163 Å². The van der Waals surface area contributed by atoms with Crippen LogP contribution in [0.5, 0.6) is 0 Å². The number of aromatic nitrogens is 1. The first-order valence-corrected chi connectivity index (χ1v) is 15.2. The Morgan fingerprint density at radius 2 is 0.932 bits per heavy atom. The molecule has 7 aromatic carbocycles. The maximum Gasteiger partial charge on any atom is 0.0541 e. The maximum absolute atomic E-state index is 4.11. The number of para-hydroxylation sites is 2. The van der Waals surface area contributed by atoms with Crippen LogP contribution >= 0.6 is 0 Å². The molecule has 0 fully saturated rings. The van der Waals surface area contributed by atoms with E-state index in [4.69, 9.17) is 0 Å². The molecule has 0 N–H and O–H groups in total. The number of benzene rings is 7. The Labute approximate surface area is 257 Å². The largest absolute Gasteiger partial charge is 0.309 e. The monoisotopic (exact) mass is 561 g/mol. The second kappa shape index (κ2) is 10.6. The van der Waals surface area contributed by atoms with Crippen LogP contribution in [-0.4, -0.2) is 4.57 Å². The van der Waals surface area contributed by atoms with Crippen molar-refractivity contribution in [2.24, 2.45) is 0 Å². The average Bonchev–Trinajstić information content (AvgIpc) is 3.42. The van der Waals surface area contributed by atoms with Crippen LogP contribution in [0.2, 0.25) is 0 Å². The Balaban J connectivity index is 1.35. The molecule has 1 aromatic heterocycles. The summed E-state index contributed by atoms with van der Waals surface area (Å²) in [5.74, 6) is 0. The smallest absolute Gasteiger partial charge is 0.0541 e. The first-order valence-electron chi connectivity index (χ1n) is 15.2. The van der Waals surface area contributed by atoms with Crippen molar-refractivity contribution < 1.29 is 0 Å². The van der Waals surface area contributed by atoms with Crippen molar-refractivity contribution in [1.29, 1.82) is 0 Å². The Hall–Kier alpha value is -5.66. The van der Waals surface area contributed by atoms with E-state index in [2.05, 4.69) is 170 Å². The molecule has 1 nitrogen and oxygen atoms in total. The van der Waals surface area contributed by atoms with Gasteiger partial charge in [0.1, 0.15) is 0 Å². The zero-order valence-electron chi connectivity index (χ0n) is 24.7. The first kappa shape index (κ1) is 26.0. The van der Waals surface area contributed by atoms with Gasteiger partial charge in [0.15, 0.2) is 0 Å². The van der Waals surface area contributed by atoms with E-state index in [1.807, 2.05) is 6.08 Å². The number of hydrogen-bond acceptors (Lipinski definition) is 0. The van der Waals surface area contributed by atoms with Gasteiger partial charge in [-0.2, -0.15) is 0 Å². The van der Waals surface area contributed by atoms with Crippen LogP contribution in [0.4, 0.5) is 0 Å². The molecular weight excluding hydrogens is 530 g/mol. The third kappa shape index (κ3) is 4.01. The Bertz CT molecular complexity index is 2290. The van der Waals surface area contributed by atoms with E-state index in [0.29, 0.717) is 0 Å². The molecule has 0 unspecified atom stereocenters. The molecular formula is C43H31N. The molecule has 0 bridgehead atoms. The fraction of sp³-hybridized carbons (Fsp3) is 0.0233. The van der Waals surface area contributed by atoms with E-state index in [-0.39, 0.29) is 0 Å². The lowest BCUT2D eigenvalue weighted by molar-refractivity contribution is 1.18. The molecule has 208 valence electrons. The van der Waals surface area contributed by atoms with Gasteiger partial charge in [-0.1, -0.05) is 134 Å². The van der Waals surface area contributed by atoms with Crippen LogP contribution in [0.1, 0.15) is 18.1 Å². The Kier molecular flexibility index (Phi) is 6.24. The highest BCUT2D eigenvalue weighted by Crippen LogP contribution is 2.44. The number of allylic oxidation sites excluding steroid dienone is 1. The number of hydrogen-bond donors (Lipinski definition) is 0. The van der Waals surface area contributed by atoms with Gasteiger partial charge in [0.25, 0.3) is 0 Å². The predicted octanol–water partition coefficient (Wildman–Crippen LogP) is 12.1. The summed E-state index contributed by atoms with van der Waals surface area (Å²) in [6.45, 7) is 6.16. The zero-order valence-corrected chi connectivity index (χ0v) is 24.7. The van der Waals surface area contributed by atoms with E-state index in [1.165, 1.54) is 71.2 Å². The third-order valence-electron chi connectivity index (χ3n) is 8.87. The van der Waals surface area contributed by atoms with Crippen molar-refractivity contribution in [2.75, 3.05) is 0 Å². The van der Waals surface area contributed by atoms with Crippen molar-refractivity contribution in [2.45, 2.75) is 6.92 Å². The molecule has 0 aliphatic carbocycles. The molecule has 0 saturated carbocycles. The van der Waals surface area contributed by atoms with Gasteiger partial charge in [0, 0.05) is 16.5 Å². The third-order valence-corrected chi connectivity index (χ3v) is 8.87. The quantitative estimate of drug-likeness (QED) is 0.184. The Morgan fingerprint density at radius 3 is 1.43 bits per heavy atom. The SMILES string of the molecule is C=Cc1cc(-c2c3ccccc3c(-c3ccc(-n4c5ccccc5c5ccccc54)cc3)c3ccccc23)ccc1/C=C\C. The molecule has 44 heavy (non-hydrogen) atoms. The number of rotatable bonds is 5. The molecule has 0 amide bonds. The summed E-state index contributed by atoms with van der Waals surface area (Å²) < 4.78 is 2.38. The van der Waals surface area contributed by atoms with Crippen molar-refractivity contribution in [3.8, 4) is 27.9 Å². The summed E-state index contributed by atoms with van der Waals surface area (Å²) in [7, 11) is 0. The molecule has 8 aromatic rings. The molecule has 8 rings (SSSR count). The number of nitrogens with zero attached hydrogens (tertiary/aromatic N) is 1. The lowest BCUT2D eigenvalue weighted by Crippen LogP contribution is -1.94. The van der Waals surface area contributed by atoms with Gasteiger partial charge in [0.05, 0.1) is 11.0 Å². The second-order valence-electron chi connectivity index (χ2n) is 11.3. The van der Waals surface area contributed by atoms with Crippen LogP contribution < -0.4 is 0 Å². The lowest BCUT2D eigenvalue weighted by atomic mass is 9.85. The van der Waals surface area contributed by atoms with Gasteiger partial charge in [-0.25, -0.2) is 0 Å². The summed E-state index contributed by atoms with van der Waals surface area (Å²) >= 11 is 0. The average molecular weight is 562 g/mol. The van der Waals surface area contributed by atoms with Crippen molar-refractivity contribution in [3.63, 3.8) is 0 Å². The fourth-order valence-electron chi connectivity index (χ4n) is 6.97. The summed E-state index contributed by atoms with van der Waals surface area (Å²) in [6, 6.07) is 50.9. The lowest BCUT2D eigenvalue weighted by Gasteiger charge is -2.18. The van der Waals surface area contributed by atoms with E-state index < -0.39 is 0 Å². The molecule has 1 heterocycles. The number of fused-ring (bicyclic) bond motifs is 5. The fourth-order valence-corrected chi connectivity index (χ4v) is 6.97. The topological polar surface area (TPSA) is 4.93 Å². The summed E-state index contributed by atoms with van der Waals surface area (Å²) in [5.41, 5.74) is 10.9. The van der Waals surface area contributed by atoms with E-state index in [0.717, 1.165) is 11.3 Å². The summed E-state index contributed by atoms with van der Waals surface area (Å²) in [5, 5.41) is 7.56. The van der Waals surface area contributed by atoms with Gasteiger partial charge >= 0.3 is 0 Å². The molecule has 0 aliphatic rings. The summed E-state index contributed by atoms with van der Waals surface area (Å²) in [4.78, 5) is 0. The molecule has 0 atom stereocenters. The van der Waals surface area contributed by atoms with Gasteiger partial charge in [-0.3, -0.25) is 0 Å². The van der Waals surface area contributed by atoms with Crippen LogP contribution in [-0.2, 0) is 0 Å². The van der Waals surface area contributed by atoms with Gasteiger partial charge < -0.3 is 4.57 Å². The maximum atomic E-state index is 4.11. The second-order valence-corrected chi connectivity index (χ2v) is 11.3. The molecule has 0 saturated heterocycles. The van der Waals surface area contributed by atoms with Crippen LogP contribution in [0.3, 0.4) is 0 Å². The minimum Gasteiger partial charge on any atom is -0.309 e. The standard InChI is InChI=1S/C43H31N/c1-3-13-30-22-23-32(28-29(30)4-2)43-38-18-7-5-16-36(38)42(37-17-6-8-19-39(37)43)31-24-26-33(27-25-31)44-40-20-11-9-14-34(40)35-15-10-12-21-41(35)44/h3-28H,2H2,1H3/b13-3-. The van der Waals surface area contributed by atoms with Crippen molar-refractivity contribution in [1.82, 2.24) is 4.57 Å². The molecule has 0 aliphatic heterocycles. The van der Waals surface area contributed by atoms with Crippen molar-refractivity contribution >= 4 is 55.5 Å². The van der Waals surface area contributed by atoms with Crippen LogP contribution in [0, 0.1) is 0 Å². The summed E-state index contributed by atoms with van der Waals surface area (Å²) in [6.07, 6.45) is 6.17. The normalized spacial score (nSPS) is 11.8. The van der Waals surface area contributed by atoms with Crippen LogP contribution in [0.15, 0.2) is 152 Å². The highest BCUT2D eigenvalue weighted by molar-refractivity contribution is 6.21. The first-order chi connectivity index (χ1) is 21.8. The van der Waals surface area contributed by atoms with Crippen LogP contribution in [0.25, 0.3) is 83.4 Å². The molecule has 1 heteroatoms. The Morgan fingerprint density at radius 1 is 0.477 bits per heavy atom.